The van der Waals surface area contributed by atoms with Crippen LogP contribution in [0.4, 0.5) is 0 Å². The van der Waals surface area contributed by atoms with Crippen molar-refractivity contribution in [3.05, 3.63) is 22.4 Å². The van der Waals surface area contributed by atoms with Crippen LogP contribution in [0, 0.1) is 0 Å². The van der Waals surface area contributed by atoms with E-state index < -0.39 is 0 Å². The first-order chi connectivity index (χ1) is 11.1. The molecule has 1 saturated heterocycles. The zero-order valence-corrected chi connectivity index (χ0v) is 15.5. The summed E-state index contributed by atoms with van der Waals surface area (Å²) in [6.45, 7) is 7.81. The van der Waals surface area contributed by atoms with E-state index in [1.165, 1.54) is 4.88 Å². The van der Waals surface area contributed by atoms with E-state index in [-0.39, 0.29) is 0 Å². The number of piperazine rings is 1. The number of amides is 1. The highest BCUT2D eigenvalue weighted by atomic mass is 32.1. The summed E-state index contributed by atoms with van der Waals surface area (Å²) in [6.07, 6.45) is 3.87. The lowest BCUT2D eigenvalue weighted by molar-refractivity contribution is -0.135. The first kappa shape index (κ1) is 18.4. The summed E-state index contributed by atoms with van der Waals surface area (Å²) in [5, 5.41) is 2.12. The van der Waals surface area contributed by atoms with Gasteiger partial charge in [0.05, 0.1) is 6.61 Å². The number of unbranched alkanes of at least 4 members (excludes halogenated alkanes) is 1. The van der Waals surface area contributed by atoms with Gasteiger partial charge in [-0.25, -0.2) is 0 Å². The zero-order chi connectivity index (χ0) is 16.7. The molecule has 5 heteroatoms. The van der Waals surface area contributed by atoms with Crippen molar-refractivity contribution < 1.29 is 9.53 Å². The lowest BCUT2D eigenvalue weighted by atomic mass is 10.1. The number of nitrogens with zero attached hydrogens (tertiary/aromatic N) is 2. The van der Waals surface area contributed by atoms with Crippen LogP contribution in [0.5, 0.6) is 0 Å². The molecular weight excluding hydrogens is 308 g/mol. The highest BCUT2D eigenvalue weighted by Crippen LogP contribution is 2.18. The average Bonchev–Trinajstić information content (AvgIpc) is 3.03. The number of ether oxygens (including phenoxy) is 1. The lowest BCUT2D eigenvalue weighted by Gasteiger charge is -2.44. The lowest BCUT2D eigenvalue weighted by Crippen LogP contribution is -2.58. The molecule has 0 aliphatic carbocycles. The molecule has 0 spiro atoms. The number of aryl methyl sites for hydroxylation is 1. The van der Waals surface area contributed by atoms with Gasteiger partial charge in [-0.1, -0.05) is 6.07 Å². The molecule has 2 rings (SSSR count). The molecule has 1 amide bonds. The molecule has 0 radical (unpaired) electrons. The zero-order valence-electron chi connectivity index (χ0n) is 14.7. The van der Waals surface area contributed by atoms with Gasteiger partial charge in [0.15, 0.2) is 0 Å². The molecule has 1 aromatic rings. The third kappa shape index (κ3) is 5.59. The SMILES string of the molecule is COCCN1C(C)CN(C(=O)CCCCc2cccs2)CC1C. The standard InChI is InChI=1S/C18H30N2O2S/c1-15-13-19(14-16(2)20(15)10-11-22-3)18(21)9-5-4-7-17-8-6-12-23-17/h6,8,12,15-16H,4-5,7,9-11,13-14H2,1-3H3. The molecule has 0 N–H and O–H groups in total. The smallest absolute Gasteiger partial charge is 0.222 e. The Kier molecular flexibility index (Phi) is 7.53. The highest BCUT2D eigenvalue weighted by molar-refractivity contribution is 7.09. The molecule has 2 heterocycles. The Morgan fingerprint density at radius 2 is 2.04 bits per heavy atom. The Bertz CT molecular complexity index is 452. The van der Waals surface area contributed by atoms with Crippen molar-refractivity contribution in [2.24, 2.45) is 0 Å². The fourth-order valence-electron chi connectivity index (χ4n) is 3.39. The summed E-state index contributed by atoms with van der Waals surface area (Å²) in [5.41, 5.74) is 0. The van der Waals surface area contributed by atoms with E-state index in [2.05, 4.69) is 41.2 Å². The van der Waals surface area contributed by atoms with Crippen molar-refractivity contribution in [2.75, 3.05) is 33.4 Å². The third-order valence-corrected chi connectivity index (χ3v) is 5.59. The van der Waals surface area contributed by atoms with Gasteiger partial charge in [-0.3, -0.25) is 9.69 Å². The molecular formula is C18H30N2O2S. The predicted octanol–water partition coefficient (Wildman–Crippen LogP) is 3.03. The molecule has 130 valence electrons. The van der Waals surface area contributed by atoms with Crippen LogP contribution in [-0.4, -0.2) is 61.1 Å². The van der Waals surface area contributed by atoms with E-state index >= 15 is 0 Å². The molecule has 0 bridgehead atoms. The molecule has 1 aromatic heterocycles. The Hall–Kier alpha value is -0.910. The number of rotatable bonds is 8. The number of methoxy groups -OCH3 is 1. The van der Waals surface area contributed by atoms with Gasteiger partial charge in [0, 0.05) is 50.1 Å². The molecule has 1 fully saturated rings. The molecule has 2 unspecified atom stereocenters. The van der Waals surface area contributed by atoms with Gasteiger partial charge in [-0.05, 0) is 44.6 Å². The Balaban J connectivity index is 1.70. The van der Waals surface area contributed by atoms with Gasteiger partial charge in [-0.2, -0.15) is 0 Å². The largest absolute Gasteiger partial charge is 0.383 e. The molecule has 2 atom stereocenters. The monoisotopic (exact) mass is 338 g/mol. The van der Waals surface area contributed by atoms with Gasteiger partial charge >= 0.3 is 0 Å². The van der Waals surface area contributed by atoms with Gasteiger partial charge in [0.1, 0.15) is 0 Å². The van der Waals surface area contributed by atoms with Crippen LogP contribution in [0.1, 0.15) is 38.0 Å². The predicted molar refractivity (Wildman–Crippen MR) is 96.0 cm³/mol. The van der Waals surface area contributed by atoms with Crippen molar-refractivity contribution in [3.63, 3.8) is 0 Å². The van der Waals surface area contributed by atoms with Gasteiger partial charge in [0.25, 0.3) is 0 Å². The molecule has 0 aromatic carbocycles. The van der Waals surface area contributed by atoms with Crippen LogP contribution >= 0.6 is 11.3 Å². The van der Waals surface area contributed by atoms with E-state index in [0.29, 0.717) is 24.4 Å². The first-order valence-electron chi connectivity index (χ1n) is 8.66. The van der Waals surface area contributed by atoms with Crippen molar-refractivity contribution in [1.82, 2.24) is 9.80 Å². The van der Waals surface area contributed by atoms with E-state index in [9.17, 15) is 4.79 Å². The molecule has 4 nitrogen and oxygen atoms in total. The maximum Gasteiger partial charge on any atom is 0.222 e. The molecule has 0 saturated carbocycles. The maximum absolute atomic E-state index is 12.5. The third-order valence-electron chi connectivity index (χ3n) is 4.65. The maximum atomic E-state index is 12.5. The number of hydrogen-bond acceptors (Lipinski definition) is 4. The second kappa shape index (κ2) is 9.40. The molecule has 1 aliphatic heterocycles. The van der Waals surface area contributed by atoms with E-state index in [1.54, 1.807) is 18.4 Å². The van der Waals surface area contributed by atoms with E-state index in [4.69, 9.17) is 4.74 Å². The summed E-state index contributed by atoms with van der Waals surface area (Å²) in [5.74, 6) is 0.321. The van der Waals surface area contributed by atoms with Crippen LogP contribution in [0.3, 0.4) is 0 Å². The number of thiophene rings is 1. The van der Waals surface area contributed by atoms with Crippen LogP contribution in [0.25, 0.3) is 0 Å². The van der Waals surface area contributed by atoms with E-state index in [1.807, 2.05) is 0 Å². The Labute approximate surface area is 144 Å². The minimum absolute atomic E-state index is 0.321. The number of carbonyl (C=O) groups is 1. The molecule has 1 aliphatic rings. The summed E-state index contributed by atoms with van der Waals surface area (Å²) in [4.78, 5) is 18.4. The topological polar surface area (TPSA) is 32.8 Å². The highest BCUT2D eigenvalue weighted by Gasteiger charge is 2.30. The molecule has 23 heavy (non-hydrogen) atoms. The second-order valence-corrected chi connectivity index (χ2v) is 7.55. The minimum atomic E-state index is 0.321. The number of carbonyl (C=O) groups excluding carboxylic acids is 1. The van der Waals surface area contributed by atoms with E-state index in [0.717, 1.165) is 45.5 Å². The Morgan fingerprint density at radius 1 is 1.30 bits per heavy atom. The van der Waals surface area contributed by atoms with Crippen LogP contribution < -0.4 is 0 Å². The van der Waals surface area contributed by atoms with Crippen molar-refractivity contribution in [3.8, 4) is 0 Å². The summed E-state index contributed by atoms with van der Waals surface area (Å²) in [6, 6.07) is 5.08. The first-order valence-corrected chi connectivity index (χ1v) is 9.54. The van der Waals surface area contributed by atoms with Crippen LogP contribution in [-0.2, 0) is 16.0 Å². The second-order valence-electron chi connectivity index (χ2n) is 6.51. The van der Waals surface area contributed by atoms with Crippen molar-refractivity contribution >= 4 is 17.2 Å². The Morgan fingerprint density at radius 3 is 2.65 bits per heavy atom. The van der Waals surface area contributed by atoms with Gasteiger partial charge in [-0.15, -0.1) is 11.3 Å². The van der Waals surface area contributed by atoms with Gasteiger partial charge < -0.3 is 9.64 Å². The fourth-order valence-corrected chi connectivity index (χ4v) is 4.14. The minimum Gasteiger partial charge on any atom is -0.383 e. The van der Waals surface area contributed by atoms with Crippen LogP contribution in [0.2, 0.25) is 0 Å². The average molecular weight is 339 g/mol. The van der Waals surface area contributed by atoms with Gasteiger partial charge in [0.2, 0.25) is 5.91 Å². The number of hydrogen-bond donors (Lipinski definition) is 0. The summed E-state index contributed by atoms with van der Waals surface area (Å²) in [7, 11) is 1.74. The van der Waals surface area contributed by atoms with Crippen molar-refractivity contribution in [2.45, 2.75) is 51.6 Å². The van der Waals surface area contributed by atoms with Crippen molar-refractivity contribution in [1.29, 1.82) is 0 Å². The fraction of sp³-hybridized carbons (Fsp3) is 0.722. The normalized spacial score (nSPS) is 22.5. The summed E-state index contributed by atoms with van der Waals surface area (Å²) >= 11 is 1.81. The summed E-state index contributed by atoms with van der Waals surface area (Å²) < 4.78 is 5.19. The van der Waals surface area contributed by atoms with Crippen LogP contribution in [0.15, 0.2) is 17.5 Å². The quantitative estimate of drug-likeness (QED) is 0.683.